The molecule has 1 saturated heterocycles. The highest BCUT2D eigenvalue weighted by Gasteiger charge is 2.31. The lowest BCUT2D eigenvalue weighted by molar-refractivity contribution is 0.145. The number of rotatable bonds is 5. The van der Waals surface area contributed by atoms with Crippen molar-refractivity contribution in [2.45, 2.75) is 11.0 Å². The molecule has 1 fully saturated rings. The summed E-state index contributed by atoms with van der Waals surface area (Å²) in [7, 11) is -0.657. The molecule has 1 atom stereocenters. The summed E-state index contributed by atoms with van der Waals surface area (Å²) in [5.74, 6) is -0.528. The van der Waals surface area contributed by atoms with Gasteiger partial charge in [-0.3, -0.25) is 4.90 Å². The van der Waals surface area contributed by atoms with Crippen LogP contribution in [0.4, 0.5) is 14.9 Å². The molecule has 7 nitrogen and oxygen atoms in total. The van der Waals surface area contributed by atoms with E-state index in [1.807, 2.05) is 0 Å². The molecule has 1 aliphatic heterocycles. The van der Waals surface area contributed by atoms with Crippen LogP contribution in [0.5, 0.6) is 0 Å². The molecule has 27 heavy (non-hydrogen) atoms. The number of ether oxygens (including phenoxy) is 1. The third-order valence-corrected chi connectivity index (χ3v) is 6.17. The Bertz CT molecular complexity index is 961. The highest BCUT2D eigenvalue weighted by molar-refractivity contribution is 7.89. The van der Waals surface area contributed by atoms with Crippen molar-refractivity contribution in [3.8, 4) is 11.1 Å². The average Bonchev–Trinajstić information content (AvgIpc) is 3.02. The van der Waals surface area contributed by atoms with E-state index in [0.29, 0.717) is 16.8 Å². The zero-order valence-corrected chi connectivity index (χ0v) is 15.7. The summed E-state index contributed by atoms with van der Waals surface area (Å²) in [5.41, 5.74) is 6.71. The van der Waals surface area contributed by atoms with Gasteiger partial charge in [-0.1, -0.05) is 12.1 Å². The first-order chi connectivity index (χ1) is 12.7. The normalized spacial score (nSPS) is 17.4. The Morgan fingerprint density at radius 2 is 1.89 bits per heavy atom. The summed E-state index contributed by atoms with van der Waals surface area (Å²) >= 11 is 0. The SMILES string of the molecule is CN(C)S(=O)(=O)c1ccc(-c2ccc(N3C[C@H](CN)OC3=O)cc2F)cc1. The minimum atomic E-state index is -3.55. The van der Waals surface area contributed by atoms with Gasteiger partial charge in [-0.2, -0.15) is 0 Å². The summed E-state index contributed by atoms with van der Waals surface area (Å²) in [6.45, 7) is 0.468. The van der Waals surface area contributed by atoms with Gasteiger partial charge >= 0.3 is 6.09 Å². The molecular formula is C18H20FN3O4S. The Morgan fingerprint density at radius 3 is 2.41 bits per heavy atom. The molecule has 0 unspecified atom stereocenters. The number of anilines is 1. The van der Waals surface area contributed by atoms with Crippen LogP contribution in [0, 0.1) is 5.82 Å². The van der Waals surface area contributed by atoms with E-state index in [9.17, 15) is 17.6 Å². The first kappa shape index (κ1) is 19.3. The van der Waals surface area contributed by atoms with Gasteiger partial charge in [0.1, 0.15) is 11.9 Å². The van der Waals surface area contributed by atoms with Gasteiger partial charge in [-0.15, -0.1) is 0 Å². The third-order valence-electron chi connectivity index (χ3n) is 4.35. The zero-order valence-electron chi connectivity index (χ0n) is 14.9. The minimum Gasteiger partial charge on any atom is -0.443 e. The van der Waals surface area contributed by atoms with Crippen LogP contribution in [0.2, 0.25) is 0 Å². The molecule has 0 spiro atoms. The first-order valence-corrected chi connectivity index (χ1v) is 9.69. The molecule has 9 heteroatoms. The summed E-state index contributed by atoms with van der Waals surface area (Å²) in [6, 6.07) is 10.4. The molecule has 0 saturated carbocycles. The van der Waals surface area contributed by atoms with E-state index >= 15 is 0 Å². The predicted octanol–water partition coefficient (Wildman–Crippen LogP) is 2.03. The maximum absolute atomic E-state index is 14.6. The lowest BCUT2D eigenvalue weighted by Gasteiger charge is -2.15. The third kappa shape index (κ3) is 3.66. The van der Waals surface area contributed by atoms with Crippen molar-refractivity contribution in [2.24, 2.45) is 5.73 Å². The minimum absolute atomic E-state index is 0.126. The monoisotopic (exact) mass is 393 g/mol. The standard InChI is InChI=1S/C18H20FN3O4S/c1-21(2)27(24,25)15-6-3-12(4-7-15)16-8-5-13(9-17(16)19)22-11-14(10-20)26-18(22)23/h3-9,14H,10-11,20H2,1-2H3/t14-/m0/s1. The van der Waals surface area contributed by atoms with Crippen LogP contribution < -0.4 is 10.6 Å². The summed E-state index contributed by atoms with van der Waals surface area (Å²) in [5, 5.41) is 0. The molecule has 2 aromatic rings. The van der Waals surface area contributed by atoms with Crippen molar-refractivity contribution in [1.82, 2.24) is 4.31 Å². The number of nitrogens with two attached hydrogens (primary N) is 1. The number of halogens is 1. The number of hydrogen-bond acceptors (Lipinski definition) is 5. The van der Waals surface area contributed by atoms with Gasteiger partial charge in [-0.05, 0) is 35.9 Å². The number of amides is 1. The highest BCUT2D eigenvalue weighted by atomic mass is 32.2. The second kappa shape index (κ2) is 7.26. The van der Waals surface area contributed by atoms with Crippen molar-refractivity contribution >= 4 is 21.8 Å². The topological polar surface area (TPSA) is 92.9 Å². The van der Waals surface area contributed by atoms with Gasteiger partial charge in [0, 0.05) is 26.2 Å². The van der Waals surface area contributed by atoms with E-state index in [4.69, 9.17) is 10.5 Å². The molecule has 3 rings (SSSR count). The Labute approximate surface area is 157 Å². The van der Waals surface area contributed by atoms with Gasteiger partial charge < -0.3 is 10.5 Å². The maximum atomic E-state index is 14.6. The molecule has 1 heterocycles. The smallest absolute Gasteiger partial charge is 0.414 e. The van der Waals surface area contributed by atoms with Gasteiger partial charge in [0.15, 0.2) is 0 Å². The molecule has 0 aliphatic carbocycles. The molecule has 2 aromatic carbocycles. The van der Waals surface area contributed by atoms with E-state index in [0.717, 1.165) is 4.31 Å². The Hall–Kier alpha value is -2.49. The number of cyclic esters (lactones) is 1. The molecular weight excluding hydrogens is 373 g/mol. The van der Waals surface area contributed by atoms with Crippen LogP contribution in [0.15, 0.2) is 47.4 Å². The fourth-order valence-electron chi connectivity index (χ4n) is 2.78. The van der Waals surface area contributed by atoms with Gasteiger partial charge in [0.2, 0.25) is 10.0 Å². The van der Waals surface area contributed by atoms with Crippen molar-refractivity contribution in [2.75, 3.05) is 32.1 Å². The second-order valence-corrected chi connectivity index (χ2v) is 8.48. The number of carbonyl (C=O) groups excluding carboxylic acids is 1. The van der Waals surface area contributed by atoms with E-state index in [-0.39, 0.29) is 18.0 Å². The van der Waals surface area contributed by atoms with Gasteiger partial charge in [0.25, 0.3) is 0 Å². The van der Waals surface area contributed by atoms with Crippen LogP contribution in [0.1, 0.15) is 0 Å². The van der Waals surface area contributed by atoms with Crippen LogP contribution >= 0.6 is 0 Å². The number of benzene rings is 2. The Balaban J connectivity index is 1.87. The summed E-state index contributed by atoms with van der Waals surface area (Å²) in [4.78, 5) is 13.3. The van der Waals surface area contributed by atoms with E-state index in [1.165, 1.54) is 37.2 Å². The quantitative estimate of drug-likeness (QED) is 0.839. The molecule has 1 aliphatic rings. The molecule has 144 valence electrons. The maximum Gasteiger partial charge on any atom is 0.414 e. The van der Waals surface area contributed by atoms with Crippen LogP contribution in [-0.4, -0.2) is 52.1 Å². The average molecular weight is 393 g/mol. The van der Waals surface area contributed by atoms with Gasteiger partial charge in [-0.25, -0.2) is 21.9 Å². The predicted molar refractivity (Wildman–Crippen MR) is 99.4 cm³/mol. The first-order valence-electron chi connectivity index (χ1n) is 8.24. The highest BCUT2D eigenvalue weighted by Crippen LogP contribution is 2.29. The molecule has 2 N–H and O–H groups in total. The zero-order chi connectivity index (χ0) is 19.8. The molecule has 0 radical (unpaired) electrons. The summed E-state index contributed by atoms with van der Waals surface area (Å²) < 4.78 is 45.0. The Morgan fingerprint density at radius 1 is 1.22 bits per heavy atom. The van der Waals surface area contributed by atoms with Crippen LogP contribution in [-0.2, 0) is 14.8 Å². The largest absolute Gasteiger partial charge is 0.443 e. The number of nitrogens with zero attached hydrogens (tertiary/aromatic N) is 2. The van der Waals surface area contributed by atoms with Crippen LogP contribution in [0.25, 0.3) is 11.1 Å². The summed E-state index contributed by atoms with van der Waals surface area (Å²) in [6.07, 6.45) is -0.970. The fraction of sp³-hybridized carbons (Fsp3) is 0.278. The van der Waals surface area contributed by atoms with Crippen molar-refractivity contribution in [3.05, 3.63) is 48.3 Å². The molecule has 0 aromatic heterocycles. The number of hydrogen-bond donors (Lipinski definition) is 1. The van der Waals surface area contributed by atoms with Crippen molar-refractivity contribution in [1.29, 1.82) is 0 Å². The van der Waals surface area contributed by atoms with E-state index in [2.05, 4.69) is 0 Å². The Kier molecular flexibility index (Phi) is 5.18. The molecule has 0 bridgehead atoms. The molecule has 1 amide bonds. The van der Waals surface area contributed by atoms with Crippen molar-refractivity contribution in [3.63, 3.8) is 0 Å². The second-order valence-electron chi connectivity index (χ2n) is 6.33. The fourth-order valence-corrected chi connectivity index (χ4v) is 3.68. The lowest BCUT2D eigenvalue weighted by atomic mass is 10.0. The van der Waals surface area contributed by atoms with E-state index in [1.54, 1.807) is 24.3 Å². The van der Waals surface area contributed by atoms with E-state index < -0.39 is 28.0 Å². The van der Waals surface area contributed by atoms with Crippen LogP contribution in [0.3, 0.4) is 0 Å². The van der Waals surface area contributed by atoms with Crippen molar-refractivity contribution < 1.29 is 22.3 Å². The number of sulfonamides is 1. The lowest BCUT2D eigenvalue weighted by Crippen LogP contribution is -2.27. The number of carbonyl (C=O) groups is 1. The van der Waals surface area contributed by atoms with Gasteiger partial charge in [0.05, 0.1) is 17.1 Å².